The highest BCUT2D eigenvalue weighted by Crippen LogP contribution is 2.40. The van der Waals surface area contributed by atoms with Crippen molar-refractivity contribution in [1.82, 2.24) is 0 Å². The molecule has 2 rings (SSSR count). The van der Waals surface area contributed by atoms with E-state index in [0.29, 0.717) is 19.8 Å². The largest absolute Gasteiger partial charge is 0.468 e. The molecule has 0 atom stereocenters. The maximum Gasteiger partial charge on any atom is 0.348 e. The number of halogens is 2. The molecule has 0 aliphatic rings. The van der Waals surface area contributed by atoms with E-state index >= 15 is 0 Å². The van der Waals surface area contributed by atoms with E-state index in [4.69, 9.17) is 27.9 Å². The Hall–Kier alpha value is -1.21. The Morgan fingerprint density at radius 1 is 1.15 bits per heavy atom. The molecule has 0 saturated heterocycles. The molecule has 26 heavy (non-hydrogen) atoms. The Labute approximate surface area is 170 Å². The lowest BCUT2D eigenvalue weighted by Gasteiger charge is -2.18. The number of ether oxygens (including phenoxy) is 2. The molecule has 0 unspecified atom stereocenters. The second kappa shape index (κ2) is 8.65. The fraction of sp³-hybridized carbons (Fsp3) is 0.333. The molecule has 0 saturated carbocycles. The average Bonchev–Trinajstić information content (AvgIpc) is 3.03. The summed E-state index contributed by atoms with van der Waals surface area (Å²) < 4.78 is 9.99. The van der Waals surface area contributed by atoms with Crippen LogP contribution in [0, 0.1) is 0 Å². The summed E-state index contributed by atoms with van der Waals surface area (Å²) in [7, 11) is 1.33. The standard InChI is InChI=1S/C18H18Cl2O4S2/c1-18(2,3)24-17(22)14-6-5-13(26-14)10-7-12(20)15(8-11(10)19)25-9-16(21)23-4/h5-8H,9H2,1-4H3. The Morgan fingerprint density at radius 2 is 1.85 bits per heavy atom. The van der Waals surface area contributed by atoms with Gasteiger partial charge in [-0.3, -0.25) is 4.79 Å². The van der Waals surface area contributed by atoms with Crippen molar-refractivity contribution in [2.75, 3.05) is 12.9 Å². The van der Waals surface area contributed by atoms with Crippen molar-refractivity contribution in [3.63, 3.8) is 0 Å². The maximum atomic E-state index is 12.2. The minimum absolute atomic E-state index is 0.147. The molecule has 0 aliphatic carbocycles. The second-order valence-electron chi connectivity index (χ2n) is 6.29. The topological polar surface area (TPSA) is 52.6 Å². The van der Waals surface area contributed by atoms with Crippen LogP contribution in [0.5, 0.6) is 0 Å². The Morgan fingerprint density at radius 3 is 2.46 bits per heavy atom. The summed E-state index contributed by atoms with van der Waals surface area (Å²) in [5.41, 5.74) is 0.166. The summed E-state index contributed by atoms with van der Waals surface area (Å²) in [4.78, 5) is 25.4. The molecule has 140 valence electrons. The maximum absolute atomic E-state index is 12.2. The van der Waals surface area contributed by atoms with Crippen LogP contribution in [0.2, 0.25) is 10.0 Å². The van der Waals surface area contributed by atoms with E-state index in [1.54, 1.807) is 18.2 Å². The summed E-state index contributed by atoms with van der Waals surface area (Å²) in [6.07, 6.45) is 0. The highest BCUT2D eigenvalue weighted by atomic mass is 35.5. The molecule has 4 nitrogen and oxygen atoms in total. The van der Waals surface area contributed by atoms with Gasteiger partial charge in [0.1, 0.15) is 10.5 Å². The zero-order valence-corrected chi connectivity index (χ0v) is 17.9. The first-order chi connectivity index (χ1) is 12.1. The average molecular weight is 433 g/mol. The molecule has 0 spiro atoms. The normalized spacial score (nSPS) is 11.3. The number of benzene rings is 1. The predicted molar refractivity (Wildman–Crippen MR) is 108 cm³/mol. The lowest BCUT2D eigenvalue weighted by atomic mass is 10.2. The van der Waals surface area contributed by atoms with Crippen LogP contribution in [0.4, 0.5) is 0 Å². The molecule has 8 heteroatoms. The van der Waals surface area contributed by atoms with Crippen molar-refractivity contribution in [2.24, 2.45) is 0 Å². The lowest BCUT2D eigenvalue weighted by Crippen LogP contribution is -2.23. The summed E-state index contributed by atoms with van der Waals surface area (Å²) in [5.74, 6) is -0.569. The highest BCUT2D eigenvalue weighted by Gasteiger charge is 2.20. The number of rotatable bonds is 5. The van der Waals surface area contributed by atoms with E-state index in [0.717, 1.165) is 10.4 Å². The summed E-state index contributed by atoms with van der Waals surface area (Å²) in [6.45, 7) is 5.46. The van der Waals surface area contributed by atoms with Gasteiger partial charge in [0, 0.05) is 15.3 Å². The number of methoxy groups -OCH3 is 1. The summed E-state index contributed by atoms with van der Waals surface area (Å²) in [6, 6.07) is 6.95. The molecule has 1 aromatic carbocycles. The summed E-state index contributed by atoms with van der Waals surface area (Å²) in [5, 5.41) is 0.963. The molecule has 0 fully saturated rings. The zero-order valence-electron chi connectivity index (χ0n) is 14.7. The quantitative estimate of drug-likeness (QED) is 0.431. The number of thioether (sulfide) groups is 1. The van der Waals surface area contributed by atoms with E-state index in [9.17, 15) is 9.59 Å². The number of hydrogen-bond acceptors (Lipinski definition) is 6. The first-order valence-electron chi connectivity index (χ1n) is 7.63. The van der Waals surface area contributed by atoms with Gasteiger partial charge in [-0.15, -0.1) is 23.1 Å². The van der Waals surface area contributed by atoms with Gasteiger partial charge >= 0.3 is 11.9 Å². The number of thiophene rings is 1. The van der Waals surface area contributed by atoms with Gasteiger partial charge in [0.2, 0.25) is 0 Å². The smallest absolute Gasteiger partial charge is 0.348 e. The lowest BCUT2D eigenvalue weighted by molar-refractivity contribution is -0.137. The van der Waals surface area contributed by atoms with Gasteiger partial charge in [0.25, 0.3) is 0 Å². The molecule has 0 aliphatic heterocycles. The van der Waals surface area contributed by atoms with Crippen LogP contribution in [0.25, 0.3) is 10.4 Å². The molecule has 0 amide bonds. The molecule has 1 aromatic heterocycles. The van der Waals surface area contributed by atoms with Crippen molar-refractivity contribution in [2.45, 2.75) is 31.3 Å². The highest BCUT2D eigenvalue weighted by molar-refractivity contribution is 8.00. The predicted octanol–water partition coefficient (Wildman–Crippen LogP) is 5.94. The molecule has 0 radical (unpaired) electrons. The Kier molecular flexibility index (Phi) is 7.02. The van der Waals surface area contributed by atoms with E-state index < -0.39 is 5.60 Å². The van der Waals surface area contributed by atoms with Gasteiger partial charge in [-0.1, -0.05) is 23.2 Å². The third kappa shape index (κ3) is 5.64. The van der Waals surface area contributed by atoms with E-state index in [2.05, 4.69) is 4.74 Å². The van der Waals surface area contributed by atoms with Crippen LogP contribution in [0.3, 0.4) is 0 Å². The van der Waals surface area contributed by atoms with Crippen LogP contribution >= 0.6 is 46.3 Å². The molecule has 1 heterocycles. The molecule has 0 N–H and O–H groups in total. The van der Waals surface area contributed by atoms with Crippen molar-refractivity contribution in [3.8, 4) is 10.4 Å². The zero-order chi connectivity index (χ0) is 19.5. The SMILES string of the molecule is COC(=O)CSc1cc(Cl)c(-c2ccc(C(=O)OC(C)(C)C)s2)cc1Cl. The molecular formula is C18H18Cl2O4S2. The van der Waals surface area contributed by atoms with Crippen molar-refractivity contribution < 1.29 is 19.1 Å². The van der Waals surface area contributed by atoms with E-state index in [1.165, 1.54) is 30.2 Å². The van der Waals surface area contributed by atoms with Crippen molar-refractivity contribution >= 4 is 58.2 Å². The first-order valence-corrected chi connectivity index (χ1v) is 10.2. The number of carbonyl (C=O) groups excluding carboxylic acids is 2. The third-order valence-corrected chi connectivity index (χ3v) is 5.93. The van der Waals surface area contributed by atoms with Crippen LogP contribution in [0.15, 0.2) is 29.2 Å². The molecule has 2 aromatic rings. The van der Waals surface area contributed by atoms with Crippen molar-refractivity contribution in [3.05, 3.63) is 39.2 Å². The van der Waals surface area contributed by atoms with Gasteiger partial charge in [-0.05, 0) is 45.0 Å². The van der Waals surface area contributed by atoms with E-state index in [1.807, 2.05) is 26.8 Å². The fourth-order valence-corrected chi connectivity index (χ4v) is 4.36. The van der Waals surface area contributed by atoms with Crippen LogP contribution in [0.1, 0.15) is 30.4 Å². The van der Waals surface area contributed by atoms with Crippen LogP contribution in [-0.4, -0.2) is 30.4 Å². The first kappa shape index (κ1) is 21.1. The number of hydrogen-bond donors (Lipinski definition) is 0. The number of esters is 2. The van der Waals surface area contributed by atoms with Gasteiger partial charge in [0.15, 0.2) is 0 Å². The Bertz CT molecular complexity index is 825. The molecule has 0 bridgehead atoms. The van der Waals surface area contributed by atoms with Gasteiger partial charge < -0.3 is 9.47 Å². The third-order valence-electron chi connectivity index (χ3n) is 3.07. The van der Waals surface area contributed by atoms with Gasteiger partial charge in [0.05, 0.1) is 22.9 Å². The van der Waals surface area contributed by atoms with Crippen LogP contribution < -0.4 is 0 Å². The van der Waals surface area contributed by atoms with Crippen LogP contribution in [-0.2, 0) is 14.3 Å². The second-order valence-corrected chi connectivity index (χ2v) is 9.21. The number of carbonyl (C=O) groups is 2. The minimum Gasteiger partial charge on any atom is -0.468 e. The van der Waals surface area contributed by atoms with Gasteiger partial charge in [-0.25, -0.2) is 4.79 Å². The Balaban J connectivity index is 2.23. The monoisotopic (exact) mass is 432 g/mol. The fourth-order valence-electron chi connectivity index (χ4n) is 1.94. The summed E-state index contributed by atoms with van der Waals surface area (Å²) >= 11 is 15.2. The molecular weight excluding hydrogens is 415 g/mol. The van der Waals surface area contributed by atoms with Crippen molar-refractivity contribution in [1.29, 1.82) is 0 Å². The van der Waals surface area contributed by atoms with E-state index in [-0.39, 0.29) is 17.7 Å². The minimum atomic E-state index is -0.555. The van der Waals surface area contributed by atoms with Gasteiger partial charge in [-0.2, -0.15) is 0 Å².